The highest BCUT2D eigenvalue weighted by atomic mass is 32.2. The Labute approximate surface area is 176 Å². The Morgan fingerprint density at radius 1 is 1.20 bits per heavy atom. The van der Waals surface area contributed by atoms with Gasteiger partial charge in [-0.1, -0.05) is 18.2 Å². The highest BCUT2D eigenvalue weighted by Gasteiger charge is 2.28. The zero-order valence-electron chi connectivity index (χ0n) is 16.6. The van der Waals surface area contributed by atoms with E-state index >= 15 is 0 Å². The van der Waals surface area contributed by atoms with Gasteiger partial charge in [-0.3, -0.25) is 4.79 Å². The molecule has 0 aliphatic carbocycles. The van der Waals surface area contributed by atoms with Gasteiger partial charge in [0.25, 0.3) is 5.91 Å². The number of ether oxygens (including phenoxy) is 2. The molecule has 2 aromatic carbocycles. The predicted molar refractivity (Wildman–Crippen MR) is 109 cm³/mol. The van der Waals surface area contributed by atoms with Crippen LogP contribution in [0.2, 0.25) is 0 Å². The molecule has 8 nitrogen and oxygen atoms in total. The van der Waals surface area contributed by atoms with Crippen LogP contribution < -0.4 is 10.1 Å². The van der Waals surface area contributed by atoms with Gasteiger partial charge in [0.05, 0.1) is 29.7 Å². The average Bonchev–Trinajstić information content (AvgIpc) is 2.78. The number of nitrogens with one attached hydrogen (secondary N) is 1. The second-order valence-electron chi connectivity index (χ2n) is 6.74. The number of sulfonamides is 1. The highest BCUT2D eigenvalue weighted by molar-refractivity contribution is 7.89. The van der Waals surface area contributed by atoms with Gasteiger partial charge in [-0.25, -0.2) is 8.42 Å². The average molecular weight is 429 g/mol. The first-order valence-electron chi connectivity index (χ1n) is 9.52. The van der Waals surface area contributed by atoms with Gasteiger partial charge in [0.15, 0.2) is 6.10 Å². The molecule has 158 valence electrons. The molecule has 3 rings (SSSR count). The van der Waals surface area contributed by atoms with Gasteiger partial charge in [0.2, 0.25) is 10.0 Å². The minimum absolute atomic E-state index is 0.0552. The molecule has 0 bridgehead atoms. The van der Waals surface area contributed by atoms with E-state index in [1.54, 1.807) is 55.5 Å². The molecule has 1 amide bonds. The number of hydrogen-bond acceptors (Lipinski definition) is 6. The number of carbonyl (C=O) groups is 1. The fourth-order valence-electron chi connectivity index (χ4n) is 3.02. The Hall–Kier alpha value is -2.93. The molecule has 9 heteroatoms. The largest absolute Gasteiger partial charge is 0.481 e. The summed E-state index contributed by atoms with van der Waals surface area (Å²) in [7, 11) is -3.67. The molecule has 0 spiro atoms. The summed E-state index contributed by atoms with van der Waals surface area (Å²) in [6.45, 7) is 2.99. The van der Waals surface area contributed by atoms with Crippen LogP contribution in [0.1, 0.15) is 18.1 Å². The van der Waals surface area contributed by atoms with Crippen LogP contribution in [-0.2, 0) is 26.1 Å². The first-order valence-corrected chi connectivity index (χ1v) is 11.0. The predicted octanol–water partition coefficient (Wildman–Crippen LogP) is 1.66. The molecule has 2 aromatic rings. The number of benzene rings is 2. The van der Waals surface area contributed by atoms with E-state index < -0.39 is 16.1 Å². The van der Waals surface area contributed by atoms with Crippen molar-refractivity contribution < 1.29 is 22.7 Å². The summed E-state index contributed by atoms with van der Waals surface area (Å²) >= 11 is 0. The van der Waals surface area contributed by atoms with Crippen molar-refractivity contribution in [1.29, 1.82) is 5.26 Å². The van der Waals surface area contributed by atoms with E-state index in [4.69, 9.17) is 14.7 Å². The highest BCUT2D eigenvalue weighted by Crippen LogP contribution is 2.21. The number of nitriles is 1. The van der Waals surface area contributed by atoms with Gasteiger partial charge in [-0.15, -0.1) is 0 Å². The van der Waals surface area contributed by atoms with E-state index in [9.17, 15) is 13.2 Å². The lowest BCUT2D eigenvalue weighted by molar-refractivity contribution is -0.127. The van der Waals surface area contributed by atoms with Gasteiger partial charge >= 0.3 is 0 Å². The maximum Gasteiger partial charge on any atom is 0.261 e. The minimum Gasteiger partial charge on any atom is -0.481 e. The molecule has 1 saturated heterocycles. The van der Waals surface area contributed by atoms with Crippen LogP contribution in [0.4, 0.5) is 0 Å². The normalized spacial score (nSPS) is 15.7. The Kier molecular flexibility index (Phi) is 7.05. The molecule has 1 unspecified atom stereocenters. The maximum atomic E-state index is 13.0. The lowest BCUT2D eigenvalue weighted by Crippen LogP contribution is -2.41. The van der Waals surface area contributed by atoms with Crippen LogP contribution in [0.3, 0.4) is 0 Å². The van der Waals surface area contributed by atoms with Gasteiger partial charge < -0.3 is 14.8 Å². The van der Waals surface area contributed by atoms with E-state index in [2.05, 4.69) is 5.32 Å². The van der Waals surface area contributed by atoms with Crippen molar-refractivity contribution in [3.05, 3.63) is 59.7 Å². The number of nitrogens with zero attached hydrogens (tertiary/aromatic N) is 2. The topological polar surface area (TPSA) is 109 Å². The van der Waals surface area contributed by atoms with Gasteiger partial charge in [-0.05, 0) is 42.8 Å². The summed E-state index contributed by atoms with van der Waals surface area (Å²) in [4.78, 5) is 12.6. The van der Waals surface area contributed by atoms with E-state index in [0.717, 1.165) is 0 Å². The third-order valence-corrected chi connectivity index (χ3v) is 6.68. The molecule has 1 N–H and O–H groups in total. The number of amides is 1. The van der Waals surface area contributed by atoms with Gasteiger partial charge in [-0.2, -0.15) is 9.57 Å². The zero-order valence-corrected chi connectivity index (χ0v) is 17.4. The fourth-order valence-corrected chi connectivity index (χ4v) is 4.65. The van der Waals surface area contributed by atoms with Crippen LogP contribution in [0.25, 0.3) is 0 Å². The van der Waals surface area contributed by atoms with Crippen molar-refractivity contribution >= 4 is 15.9 Å². The smallest absolute Gasteiger partial charge is 0.261 e. The van der Waals surface area contributed by atoms with Crippen molar-refractivity contribution in [2.75, 3.05) is 26.3 Å². The lowest BCUT2D eigenvalue weighted by atomic mass is 10.2. The molecule has 0 saturated carbocycles. The second-order valence-corrected chi connectivity index (χ2v) is 8.64. The summed E-state index contributed by atoms with van der Waals surface area (Å²) in [5, 5.41) is 11.6. The van der Waals surface area contributed by atoms with E-state index in [0.29, 0.717) is 43.2 Å². The third kappa shape index (κ3) is 5.16. The SMILES string of the molecule is CC(Oc1ccc(C#N)cc1)C(=O)NCc1ccccc1S(=O)(=O)N1CCOCC1. The first-order chi connectivity index (χ1) is 14.4. The van der Waals surface area contributed by atoms with E-state index in [-0.39, 0.29) is 17.3 Å². The number of hydrogen-bond donors (Lipinski definition) is 1. The minimum atomic E-state index is -3.67. The number of carbonyl (C=O) groups excluding carboxylic acids is 1. The molecule has 1 aliphatic rings. The Balaban J connectivity index is 1.65. The van der Waals surface area contributed by atoms with Gasteiger partial charge in [0.1, 0.15) is 5.75 Å². The molecular formula is C21H23N3O5S. The Morgan fingerprint density at radius 3 is 2.53 bits per heavy atom. The standard InChI is InChI=1S/C21H23N3O5S/c1-16(29-19-8-6-17(14-22)7-9-19)21(25)23-15-18-4-2-3-5-20(18)30(26,27)24-10-12-28-13-11-24/h2-9,16H,10-13,15H2,1H3,(H,23,25). The third-order valence-electron chi connectivity index (χ3n) is 4.68. The van der Waals surface area contributed by atoms with Crippen molar-refractivity contribution in [1.82, 2.24) is 9.62 Å². The summed E-state index contributed by atoms with van der Waals surface area (Å²) in [5.41, 5.74) is 1.00. The van der Waals surface area contributed by atoms with Gasteiger partial charge in [0, 0.05) is 19.6 Å². The second kappa shape index (κ2) is 9.71. The molecule has 1 heterocycles. The van der Waals surface area contributed by atoms with Crippen molar-refractivity contribution in [2.45, 2.75) is 24.5 Å². The zero-order chi connectivity index (χ0) is 21.6. The first kappa shape index (κ1) is 21.8. The van der Waals surface area contributed by atoms with Crippen molar-refractivity contribution in [2.24, 2.45) is 0 Å². The molecule has 0 aromatic heterocycles. The maximum absolute atomic E-state index is 13.0. The van der Waals surface area contributed by atoms with Crippen LogP contribution in [0.5, 0.6) is 5.75 Å². The van der Waals surface area contributed by atoms with Crippen LogP contribution >= 0.6 is 0 Å². The van der Waals surface area contributed by atoms with Crippen LogP contribution in [-0.4, -0.2) is 51.0 Å². The van der Waals surface area contributed by atoms with E-state index in [1.165, 1.54) is 4.31 Å². The summed E-state index contributed by atoms with van der Waals surface area (Å²) in [6.07, 6.45) is -0.791. The number of rotatable bonds is 7. The summed E-state index contributed by atoms with van der Waals surface area (Å²) in [5.74, 6) is 0.0879. The molecule has 1 atom stereocenters. The Bertz CT molecular complexity index is 1030. The lowest BCUT2D eigenvalue weighted by Gasteiger charge is -2.27. The molecule has 1 aliphatic heterocycles. The van der Waals surface area contributed by atoms with E-state index in [1.807, 2.05) is 6.07 Å². The van der Waals surface area contributed by atoms with Crippen LogP contribution in [0, 0.1) is 11.3 Å². The molecule has 0 radical (unpaired) electrons. The molecule has 1 fully saturated rings. The van der Waals surface area contributed by atoms with Crippen LogP contribution in [0.15, 0.2) is 53.4 Å². The van der Waals surface area contributed by atoms with Crippen molar-refractivity contribution in [3.8, 4) is 11.8 Å². The monoisotopic (exact) mass is 429 g/mol. The summed E-state index contributed by atoms with van der Waals surface area (Å²) < 4.78 is 38.2. The molecule has 30 heavy (non-hydrogen) atoms. The quantitative estimate of drug-likeness (QED) is 0.717. The van der Waals surface area contributed by atoms with Crippen molar-refractivity contribution in [3.63, 3.8) is 0 Å². The summed E-state index contributed by atoms with van der Waals surface area (Å²) in [6, 6.07) is 15.1. The Morgan fingerprint density at radius 2 is 1.87 bits per heavy atom. The fraction of sp³-hybridized carbons (Fsp3) is 0.333. The number of morpholine rings is 1. The molecular weight excluding hydrogens is 406 g/mol.